The summed E-state index contributed by atoms with van der Waals surface area (Å²) >= 11 is 0. The molecule has 0 heterocycles. The van der Waals surface area contributed by atoms with Crippen LogP contribution in [0.3, 0.4) is 0 Å². The number of rotatable bonds is 6. The molecule has 0 saturated heterocycles. The number of aliphatic hydroxyl groups excluding tert-OH is 1. The lowest BCUT2D eigenvalue weighted by molar-refractivity contribution is -0.122. The average Bonchev–Trinajstić information content (AvgIpc) is 2.37. The van der Waals surface area contributed by atoms with Gasteiger partial charge in [0, 0.05) is 5.75 Å². The van der Waals surface area contributed by atoms with Crippen molar-refractivity contribution in [2.45, 2.75) is 64.4 Å². The van der Waals surface area contributed by atoms with E-state index in [1.165, 1.54) is 38.5 Å². The molecule has 1 unspecified atom stereocenters. The maximum Gasteiger partial charge on any atom is 0.150 e. The van der Waals surface area contributed by atoms with Crippen molar-refractivity contribution in [1.82, 2.24) is 0 Å². The molecule has 1 N–H and O–H groups in total. The van der Waals surface area contributed by atoms with Crippen molar-refractivity contribution in [3.8, 4) is 0 Å². The van der Waals surface area contributed by atoms with Gasteiger partial charge in [-0.15, -0.1) is 0 Å². The number of hydrogen-bond acceptors (Lipinski definition) is 3. The molecule has 4 heteroatoms. The van der Waals surface area contributed by atoms with Gasteiger partial charge in [0.2, 0.25) is 0 Å². The Balaban J connectivity index is 1.58. The summed E-state index contributed by atoms with van der Waals surface area (Å²) in [6, 6.07) is 0. The van der Waals surface area contributed by atoms with Crippen LogP contribution in [0.15, 0.2) is 0 Å². The van der Waals surface area contributed by atoms with E-state index in [-0.39, 0.29) is 23.0 Å². The lowest BCUT2D eigenvalue weighted by Crippen LogP contribution is -2.51. The van der Waals surface area contributed by atoms with Crippen molar-refractivity contribution in [3.63, 3.8) is 0 Å². The second-order valence-corrected chi connectivity index (χ2v) is 10.1. The highest BCUT2D eigenvalue weighted by Gasteiger charge is 2.53. The van der Waals surface area contributed by atoms with Gasteiger partial charge in [-0.3, -0.25) is 0 Å². The van der Waals surface area contributed by atoms with Crippen LogP contribution < -0.4 is 0 Å². The van der Waals surface area contributed by atoms with Crippen LogP contribution in [0.1, 0.15) is 58.3 Å². The SMILES string of the molecule is CCS(=O)(=O)CCCC(O)C12CC3CC(CC(C3)C1)C2. The van der Waals surface area contributed by atoms with Crippen molar-refractivity contribution in [2.24, 2.45) is 23.2 Å². The fourth-order valence-electron chi connectivity index (χ4n) is 5.53. The monoisotopic (exact) mass is 300 g/mol. The van der Waals surface area contributed by atoms with E-state index in [0.717, 1.165) is 17.8 Å². The molecule has 3 nitrogen and oxygen atoms in total. The zero-order valence-corrected chi connectivity index (χ0v) is 13.4. The normalized spacial score (nSPS) is 41.0. The van der Waals surface area contributed by atoms with Gasteiger partial charge in [-0.05, 0) is 74.5 Å². The first kappa shape index (κ1) is 14.8. The van der Waals surface area contributed by atoms with E-state index in [1.807, 2.05) is 0 Å². The summed E-state index contributed by atoms with van der Waals surface area (Å²) in [4.78, 5) is 0. The summed E-state index contributed by atoms with van der Waals surface area (Å²) in [6.07, 6.45) is 8.76. The van der Waals surface area contributed by atoms with Gasteiger partial charge in [0.15, 0.2) is 0 Å². The molecule has 0 amide bonds. The fraction of sp³-hybridized carbons (Fsp3) is 1.00. The van der Waals surface area contributed by atoms with Gasteiger partial charge in [0.25, 0.3) is 0 Å². The third kappa shape index (κ3) is 2.78. The summed E-state index contributed by atoms with van der Waals surface area (Å²) < 4.78 is 23.1. The van der Waals surface area contributed by atoms with E-state index >= 15 is 0 Å². The Morgan fingerprint density at radius 1 is 1.10 bits per heavy atom. The van der Waals surface area contributed by atoms with Gasteiger partial charge in [0.05, 0.1) is 11.9 Å². The summed E-state index contributed by atoms with van der Waals surface area (Å²) in [5.41, 5.74) is 0.144. The van der Waals surface area contributed by atoms with E-state index in [4.69, 9.17) is 0 Å². The summed E-state index contributed by atoms with van der Waals surface area (Å²) in [5, 5.41) is 10.7. The maximum absolute atomic E-state index is 11.5. The van der Waals surface area contributed by atoms with Crippen molar-refractivity contribution in [1.29, 1.82) is 0 Å². The molecule has 4 saturated carbocycles. The van der Waals surface area contributed by atoms with Crippen LogP contribution >= 0.6 is 0 Å². The Morgan fingerprint density at radius 2 is 1.60 bits per heavy atom. The van der Waals surface area contributed by atoms with Gasteiger partial charge in [-0.25, -0.2) is 8.42 Å². The molecule has 0 aromatic rings. The molecule has 1 atom stereocenters. The van der Waals surface area contributed by atoms with Gasteiger partial charge in [-0.1, -0.05) is 6.92 Å². The molecule has 0 aliphatic heterocycles. The number of sulfone groups is 1. The highest BCUT2D eigenvalue weighted by molar-refractivity contribution is 7.91. The molecule has 4 aliphatic carbocycles. The molecule has 0 aromatic carbocycles. The predicted octanol–water partition coefficient (Wildman–Crippen LogP) is 2.78. The van der Waals surface area contributed by atoms with Crippen LogP contribution in [0.4, 0.5) is 0 Å². The third-order valence-corrected chi connectivity index (χ3v) is 7.96. The molecular weight excluding hydrogens is 272 g/mol. The lowest BCUT2D eigenvalue weighted by Gasteiger charge is -2.58. The Kier molecular flexibility index (Phi) is 3.91. The highest BCUT2D eigenvalue weighted by atomic mass is 32.2. The van der Waals surface area contributed by atoms with E-state index in [0.29, 0.717) is 12.8 Å². The third-order valence-electron chi connectivity index (χ3n) is 6.17. The first-order valence-electron chi connectivity index (χ1n) is 8.31. The summed E-state index contributed by atoms with van der Waals surface area (Å²) in [7, 11) is -2.88. The van der Waals surface area contributed by atoms with Crippen LogP contribution in [0.5, 0.6) is 0 Å². The maximum atomic E-state index is 11.5. The van der Waals surface area contributed by atoms with Crippen LogP contribution in [0.2, 0.25) is 0 Å². The van der Waals surface area contributed by atoms with Crippen LogP contribution in [-0.4, -0.2) is 31.1 Å². The highest BCUT2D eigenvalue weighted by Crippen LogP contribution is 2.61. The first-order valence-corrected chi connectivity index (χ1v) is 10.1. The fourth-order valence-corrected chi connectivity index (χ4v) is 6.43. The minimum absolute atomic E-state index is 0.144. The number of hydrogen-bond donors (Lipinski definition) is 1. The molecule has 116 valence electrons. The quantitative estimate of drug-likeness (QED) is 0.820. The van der Waals surface area contributed by atoms with Crippen molar-refractivity contribution in [2.75, 3.05) is 11.5 Å². The first-order chi connectivity index (χ1) is 9.42. The second kappa shape index (κ2) is 5.28. The molecule has 4 rings (SSSR count). The molecular formula is C16H28O3S. The Hall–Kier alpha value is -0.0900. The van der Waals surface area contributed by atoms with E-state index in [2.05, 4.69) is 0 Å². The lowest BCUT2D eigenvalue weighted by atomic mass is 9.48. The molecule has 0 aromatic heterocycles. The van der Waals surface area contributed by atoms with Gasteiger partial charge >= 0.3 is 0 Å². The molecule has 0 radical (unpaired) electrons. The van der Waals surface area contributed by atoms with Crippen LogP contribution in [-0.2, 0) is 9.84 Å². The summed E-state index contributed by atoms with van der Waals surface area (Å²) in [6.45, 7) is 1.70. The predicted molar refractivity (Wildman–Crippen MR) is 80.2 cm³/mol. The van der Waals surface area contributed by atoms with E-state index < -0.39 is 9.84 Å². The van der Waals surface area contributed by atoms with E-state index in [1.54, 1.807) is 6.92 Å². The topological polar surface area (TPSA) is 54.4 Å². The van der Waals surface area contributed by atoms with Gasteiger partial charge < -0.3 is 5.11 Å². The molecule has 0 spiro atoms. The van der Waals surface area contributed by atoms with Crippen molar-refractivity contribution >= 4 is 9.84 Å². The Bertz CT molecular complexity index is 419. The van der Waals surface area contributed by atoms with Gasteiger partial charge in [-0.2, -0.15) is 0 Å². The van der Waals surface area contributed by atoms with Crippen molar-refractivity contribution in [3.05, 3.63) is 0 Å². The Morgan fingerprint density at radius 3 is 2.05 bits per heavy atom. The number of aliphatic hydroxyl groups is 1. The zero-order valence-electron chi connectivity index (χ0n) is 12.6. The van der Waals surface area contributed by atoms with E-state index in [9.17, 15) is 13.5 Å². The standard InChI is InChI=1S/C16H28O3S/c1-2-20(18,19)5-3-4-15(17)16-9-12-6-13(10-16)8-14(7-12)11-16/h12-15,17H,2-11H2,1H3. The zero-order chi connectivity index (χ0) is 14.4. The van der Waals surface area contributed by atoms with Gasteiger partial charge in [0.1, 0.15) is 9.84 Å². The smallest absolute Gasteiger partial charge is 0.150 e. The largest absolute Gasteiger partial charge is 0.393 e. The van der Waals surface area contributed by atoms with Crippen LogP contribution in [0.25, 0.3) is 0 Å². The van der Waals surface area contributed by atoms with Crippen LogP contribution in [0, 0.1) is 23.2 Å². The van der Waals surface area contributed by atoms with Crippen molar-refractivity contribution < 1.29 is 13.5 Å². The average molecular weight is 300 g/mol. The second-order valence-electron chi connectivity index (χ2n) is 7.67. The summed E-state index contributed by atoms with van der Waals surface area (Å²) in [5.74, 6) is 2.99. The minimum atomic E-state index is -2.88. The molecule has 20 heavy (non-hydrogen) atoms. The Labute approximate surface area is 123 Å². The molecule has 4 bridgehead atoms. The minimum Gasteiger partial charge on any atom is -0.393 e. The molecule has 4 fully saturated rings. The molecule has 4 aliphatic rings.